The zero-order chi connectivity index (χ0) is 18.8. The quantitative estimate of drug-likeness (QED) is 0.326. The highest BCUT2D eigenvalue weighted by molar-refractivity contribution is 6.07. The number of aromatic amines is 1. The van der Waals surface area contributed by atoms with Crippen LogP contribution in [0.1, 0.15) is 23.6 Å². The van der Waals surface area contributed by atoms with Crippen LogP contribution in [0.5, 0.6) is 0 Å². The van der Waals surface area contributed by atoms with Crippen LogP contribution in [-0.2, 0) is 9.63 Å². The number of nitrogens with one attached hydrogen (secondary N) is 3. The SMILES string of the molecule is O=C1Nc2ccccc2C1c1[nH]c2ccccc2c1NOCCC(O)CO. The molecule has 7 heteroatoms. The number of benzene rings is 2. The number of hydrogen-bond donors (Lipinski definition) is 5. The standard InChI is InChI=1S/C20H21N3O4/c24-11-12(25)9-10-27-23-18-14-6-2-4-8-16(14)21-19(18)17-13-5-1-3-7-15(13)22-20(17)26/h1-8,12,17,21,23-25H,9-11H2,(H,22,26). The Morgan fingerprint density at radius 2 is 1.93 bits per heavy atom. The molecular weight excluding hydrogens is 346 g/mol. The highest BCUT2D eigenvalue weighted by atomic mass is 16.6. The van der Waals surface area contributed by atoms with Crippen LogP contribution in [0.2, 0.25) is 0 Å². The number of carbonyl (C=O) groups excluding carboxylic acids is 1. The highest BCUT2D eigenvalue weighted by Crippen LogP contribution is 2.42. The van der Waals surface area contributed by atoms with Gasteiger partial charge in [-0.05, 0) is 17.7 Å². The molecule has 1 aliphatic heterocycles. The molecule has 0 aliphatic carbocycles. The third-order valence-corrected chi connectivity index (χ3v) is 4.75. The van der Waals surface area contributed by atoms with Gasteiger partial charge in [0.15, 0.2) is 0 Å². The number of amides is 1. The van der Waals surface area contributed by atoms with Crippen molar-refractivity contribution in [2.45, 2.75) is 18.4 Å². The fraction of sp³-hybridized carbons (Fsp3) is 0.250. The lowest BCUT2D eigenvalue weighted by atomic mass is 9.96. The molecule has 2 atom stereocenters. The Morgan fingerprint density at radius 3 is 2.78 bits per heavy atom. The van der Waals surface area contributed by atoms with E-state index >= 15 is 0 Å². The van der Waals surface area contributed by atoms with E-state index in [0.29, 0.717) is 12.1 Å². The van der Waals surface area contributed by atoms with Crippen LogP contribution in [0.25, 0.3) is 10.9 Å². The van der Waals surface area contributed by atoms with Crippen LogP contribution in [0.3, 0.4) is 0 Å². The third kappa shape index (κ3) is 3.28. The summed E-state index contributed by atoms with van der Waals surface area (Å²) < 4.78 is 0. The van der Waals surface area contributed by atoms with Crippen LogP contribution in [0.15, 0.2) is 48.5 Å². The van der Waals surface area contributed by atoms with E-state index < -0.39 is 12.0 Å². The van der Waals surface area contributed by atoms with Crippen molar-refractivity contribution in [3.05, 3.63) is 59.8 Å². The summed E-state index contributed by atoms with van der Waals surface area (Å²) in [6.07, 6.45) is -0.518. The topological polar surface area (TPSA) is 107 Å². The van der Waals surface area contributed by atoms with E-state index in [-0.39, 0.29) is 19.1 Å². The van der Waals surface area contributed by atoms with Crippen LogP contribution < -0.4 is 10.8 Å². The summed E-state index contributed by atoms with van der Waals surface area (Å²) in [5.41, 5.74) is 6.97. The maximum Gasteiger partial charge on any atom is 0.238 e. The fourth-order valence-corrected chi connectivity index (χ4v) is 3.39. The predicted octanol–water partition coefficient (Wildman–Crippen LogP) is 2.34. The predicted molar refractivity (Wildman–Crippen MR) is 102 cm³/mol. The molecule has 7 nitrogen and oxygen atoms in total. The van der Waals surface area contributed by atoms with E-state index in [2.05, 4.69) is 15.8 Å². The Hall–Kier alpha value is -2.87. The first kappa shape index (κ1) is 17.5. The zero-order valence-electron chi connectivity index (χ0n) is 14.6. The first-order chi connectivity index (χ1) is 13.2. The Kier molecular flexibility index (Phi) is 4.81. The summed E-state index contributed by atoms with van der Waals surface area (Å²) >= 11 is 0. The summed E-state index contributed by atoms with van der Waals surface area (Å²) in [5.74, 6) is -0.566. The van der Waals surface area contributed by atoms with Gasteiger partial charge in [-0.15, -0.1) is 0 Å². The number of fused-ring (bicyclic) bond motifs is 2. The number of carbonyl (C=O) groups is 1. The van der Waals surface area contributed by atoms with Gasteiger partial charge in [-0.25, -0.2) is 0 Å². The number of aliphatic hydroxyl groups is 2. The first-order valence-electron chi connectivity index (χ1n) is 8.86. The molecule has 0 fully saturated rings. The van der Waals surface area contributed by atoms with Gasteiger partial charge in [0, 0.05) is 23.0 Å². The second-order valence-corrected chi connectivity index (χ2v) is 6.54. The van der Waals surface area contributed by atoms with Gasteiger partial charge in [0.25, 0.3) is 0 Å². The van der Waals surface area contributed by atoms with Crippen molar-refractivity contribution in [1.82, 2.24) is 4.98 Å². The minimum Gasteiger partial charge on any atom is -0.394 e. The summed E-state index contributed by atoms with van der Waals surface area (Å²) in [4.78, 5) is 21.5. The van der Waals surface area contributed by atoms with Crippen molar-refractivity contribution in [2.24, 2.45) is 0 Å². The Balaban J connectivity index is 1.67. The molecule has 140 valence electrons. The molecule has 1 aliphatic rings. The smallest absolute Gasteiger partial charge is 0.238 e. The van der Waals surface area contributed by atoms with Crippen molar-refractivity contribution in [1.29, 1.82) is 0 Å². The molecule has 2 unspecified atom stereocenters. The minimum atomic E-state index is -0.818. The lowest BCUT2D eigenvalue weighted by Crippen LogP contribution is -2.18. The molecule has 3 aromatic rings. The Labute approximate surface area is 155 Å². The molecular formula is C20H21N3O4. The van der Waals surface area contributed by atoms with E-state index in [4.69, 9.17) is 9.94 Å². The maximum absolute atomic E-state index is 12.7. The van der Waals surface area contributed by atoms with Gasteiger partial charge in [0.1, 0.15) is 5.92 Å². The van der Waals surface area contributed by atoms with Crippen LogP contribution >= 0.6 is 0 Å². The van der Waals surface area contributed by atoms with Gasteiger partial charge in [0.05, 0.1) is 30.7 Å². The van der Waals surface area contributed by atoms with E-state index in [1.54, 1.807) is 0 Å². The number of aliphatic hydroxyl groups excluding tert-OH is 2. The van der Waals surface area contributed by atoms with Crippen LogP contribution in [-0.4, -0.2) is 40.4 Å². The molecule has 5 N–H and O–H groups in total. The van der Waals surface area contributed by atoms with Crippen LogP contribution in [0, 0.1) is 0 Å². The monoisotopic (exact) mass is 367 g/mol. The van der Waals surface area contributed by atoms with Gasteiger partial charge in [-0.1, -0.05) is 36.4 Å². The molecule has 0 saturated carbocycles. The van der Waals surface area contributed by atoms with E-state index in [9.17, 15) is 9.90 Å². The van der Waals surface area contributed by atoms with Gasteiger partial charge in [-0.3, -0.25) is 15.1 Å². The maximum atomic E-state index is 12.7. The summed E-state index contributed by atoms with van der Waals surface area (Å²) in [6.45, 7) is -0.0884. The molecule has 0 bridgehead atoms. The summed E-state index contributed by atoms with van der Waals surface area (Å²) in [6, 6.07) is 15.4. The van der Waals surface area contributed by atoms with Crippen molar-refractivity contribution in [3.8, 4) is 0 Å². The van der Waals surface area contributed by atoms with Gasteiger partial charge in [-0.2, -0.15) is 0 Å². The molecule has 1 aromatic heterocycles. The van der Waals surface area contributed by atoms with E-state index in [1.165, 1.54) is 0 Å². The zero-order valence-corrected chi connectivity index (χ0v) is 14.6. The first-order valence-corrected chi connectivity index (χ1v) is 8.86. The second-order valence-electron chi connectivity index (χ2n) is 6.54. The molecule has 2 aromatic carbocycles. The minimum absolute atomic E-state index is 0.0958. The van der Waals surface area contributed by atoms with Gasteiger partial charge in [0.2, 0.25) is 5.91 Å². The molecule has 0 radical (unpaired) electrons. The Morgan fingerprint density at radius 1 is 1.15 bits per heavy atom. The molecule has 2 heterocycles. The van der Waals surface area contributed by atoms with Crippen LogP contribution in [0.4, 0.5) is 11.4 Å². The highest BCUT2D eigenvalue weighted by Gasteiger charge is 2.35. The lowest BCUT2D eigenvalue weighted by molar-refractivity contribution is -0.116. The largest absolute Gasteiger partial charge is 0.394 e. The number of para-hydroxylation sites is 2. The van der Waals surface area contributed by atoms with Crippen molar-refractivity contribution in [2.75, 3.05) is 24.0 Å². The number of aromatic nitrogens is 1. The normalized spacial score (nSPS) is 17.0. The van der Waals surface area contributed by atoms with E-state index in [0.717, 1.165) is 27.8 Å². The number of rotatable bonds is 7. The molecule has 1 amide bonds. The molecule has 27 heavy (non-hydrogen) atoms. The average Bonchev–Trinajstić information content (AvgIpc) is 3.21. The van der Waals surface area contributed by atoms with Gasteiger partial charge >= 0.3 is 0 Å². The molecule has 0 spiro atoms. The molecule has 4 rings (SSSR count). The van der Waals surface area contributed by atoms with Gasteiger partial charge < -0.3 is 20.5 Å². The number of anilines is 2. The lowest BCUT2D eigenvalue weighted by Gasteiger charge is -2.13. The number of H-pyrrole nitrogens is 1. The average molecular weight is 367 g/mol. The molecule has 0 saturated heterocycles. The van der Waals surface area contributed by atoms with Crippen molar-refractivity contribution >= 4 is 28.2 Å². The second kappa shape index (κ2) is 7.40. The summed E-state index contributed by atoms with van der Waals surface area (Å²) in [7, 11) is 0. The van der Waals surface area contributed by atoms with Crippen molar-refractivity contribution in [3.63, 3.8) is 0 Å². The van der Waals surface area contributed by atoms with E-state index in [1.807, 2.05) is 48.5 Å². The Bertz CT molecular complexity index is 969. The fourth-order valence-electron chi connectivity index (χ4n) is 3.39. The third-order valence-electron chi connectivity index (χ3n) is 4.75. The summed E-state index contributed by atoms with van der Waals surface area (Å²) in [5, 5.41) is 22.2. The van der Waals surface area contributed by atoms with Crippen molar-refractivity contribution < 1.29 is 19.8 Å². The number of hydrogen-bond acceptors (Lipinski definition) is 5.